The molecule has 1 atom stereocenters. The highest BCUT2D eigenvalue weighted by atomic mass is 32.1. The number of anilines is 1. The Labute approximate surface area is 134 Å². The normalized spacial score (nSPS) is 13.0. The fourth-order valence-corrected chi connectivity index (χ4v) is 2.86. The van der Waals surface area contributed by atoms with Crippen molar-refractivity contribution < 1.29 is 9.21 Å². The molecule has 2 aromatic rings. The number of aryl methyl sites for hydroxylation is 2. The van der Waals surface area contributed by atoms with Crippen molar-refractivity contribution in [3.8, 4) is 0 Å². The first kappa shape index (κ1) is 16.5. The maximum absolute atomic E-state index is 12.1. The zero-order chi connectivity index (χ0) is 16.5. The van der Waals surface area contributed by atoms with Crippen LogP contribution >= 0.6 is 11.3 Å². The Morgan fingerprint density at radius 1 is 1.32 bits per heavy atom. The van der Waals surface area contributed by atoms with Crippen molar-refractivity contribution in [1.82, 2.24) is 15.5 Å². The summed E-state index contributed by atoms with van der Waals surface area (Å²) in [6, 6.07) is 1.48. The minimum absolute atomic E-state index is 0.0766. The zero-order valence-electron chi connectivity index (χ0n) is 13.8. The molecule has 0 spiro atoms. The van der Waals surface area contributed by atoms with E-state index in [4.69, 9.17) is 4.42 Å². The molecule has 0 aliphatic rings. The first-order chi connectivity index (χ1) is 10.2. The number of aromatic nitrogens is 2. The molecule has 2 amide bonds. The van der Waals surface area contributed by atoms with Gasteiger partial charge in [0.05, 0.1) is 6.04 Å². The highest BCUT2D eigenvalue weighted by Crippen LogP contribution is 2.27. The van der Waals surface area contributed by atoms with Gasteiger partial charge in [0.25, 0.3) is 0 Å². The van der Waals surface area contributed by atoms with E-state index in [2.05, 4.69) is 41.6 Å². The monoisotopic (exact) mass is 322 g/mol. The molecule has 2 N–H and O–H groups in total. The third-order valence-electron chi connectivity index (χ3n) is 3.18. The van der Waals surface area contributed by atoms with E-state index in [9.17, 15) is 4.79 Å². The number of urea groups is 1. The van der Waals surface area contributed by atoms with Gasteiger partial charge in [-0.15, -0.1) is 10.2 Å². The molecule has 22 heavy (non-hydrogen) atoms. The number of carbonyl (C=O) groups is 1. The van der Waals surface area contributed by atoms with Crippen LogP contribution < -0.4 is 10.6 Å². The summed E-state index contributed by atoms with van der Waals surface area (Å²) in [6.45, 7) is 11.9. The second-order valence-electron chi connectivity index (χ2n) is 6.35. The summed E-state index contributed by atoms with van der Waals surface area (Å²) >= 11 is 1.39. The van der Waals surface area contributed by atoms with Gasteiger partial charge in [-0.25, -0.2) is 4.79 Å². The number of nitrogens with zero attached hydrogens (tertiary/aromatic N) is 2. The van der Waals surface area contributed by atoms with Gasteiger partial charge in [0.2, 0.25) is 5.13 Å². The van der Waals surface area contributed by atoms with Gasteiger partial charge in [-0.2, -0.15) is 0 Å². The second-order valence-corrected chi connectivity index (χ2v) is 7.33. The first-order valence-corrected chi connectivity index (χ1v) is 7.97. The number of amides is 2. The highest BCUT2D eigenvalue weighted by Gasteiger charge is 2.21. The first-order valence-electron chi connectivity index (χ1n) is 7.15. The van der Waals surface area contributed by atoms with Crippen LogP contribution in [0.2, 0.25) is 0 Å². The standard InChI is InChI=1S/C15H22N4O2S/c1-8-7-11(10(3)21-8)9(2)16-13(20)17-14-19-18-12(22-14)15(4,5)6/h7,9H,1-6H3,(H2,16,17,19,20). The average molecular weight is 322 g/mol. The minimum Gasteiger partial charge on any atom is -0.466 e. The van der Waals surface area contributed by atoms with Gasteiger partial charge in [-0.05, 0) is 26.8 Å². The van der Waals surface area contributed by atoms with Gasteiger partial charge < -0.3 is 9.73 Å². The molecular weight excluding hydrogens is 300 g/mol. The molecule has 0 aliphatic heterocycles. The quantitative estimate of drug-likeness (QED) is 0.897. The Morgan fingerprint density at radius 3 is 2.50 bits per heavy atom. The third-order valence-corrected chi connectivity index (χ3v) is 4.44. The highest BCUT2D eigenvalue weighted by molar-refractivity contribution is 7.15. The Morgan fingerprint density at radius 2 is 2.00 bits per heavy atom. The Kier molecular flexibility index (Phi) is 4.55. The lowest BCUT2D eigenvalue weighted by Crippen LogP contribution is -2.31. The molecule has 7 heteroatoms. The lowest BCUT2D eigenvalue weighted by atomic mass is 9.98. The van der Waals surface area contributed by atoms with Gasteiger partial charge >= 0.3 is 6.03 Å². The molecule has 1 unspecified atom stereocenters. The van der Waals surface area contributed by atoms with E-state index >= 15 is 0 Å². The summed E-state index contributed by atoms with van der Waals surface area (Å²) in [6.07, 6.45) is 0. The molecule has 2 aromatic heterocycles. The van der Waals surface area contributed by atoms with Gasteiger partial charge in [0.1, 0.15) is 16.5 Å². The number of hydrogen-bond acceptors (Lipinski definition) is 5. The van der Waals surface area contributed by atoms with Crippen LogP contribution in [0.15, 0.2) is 10.5 Å². The lowest BCUT2D eigenvalue weighted by Gasteiger charge is -2.13. The van der Waals surface area contributed by atoms with E-state index in [0.717, 1.165) is 22.1 Å². The molecule has 0 saturated heterocycles. The third kappa shape index (κ3) is 3.85. The smallest absolute Gasteiger partial charge is 0.321 e. The molecule has 0 aliphatic carbocycles. The number of hydrogen-bond donors (Lipinski definition) is 2. The molecule has 2 heterocycles. The second kappa shape index (κ2) is 6.08. The van der Waals surface area contributed by atoms with E-state index in [1.807, 2.05) is 26.8 Å². The van der Waals surface area contributed by atoms with Crippen LogP contribution in [0.5, 0.6) is 0 Å². The van der Waals surface area contributed by atoms with Gasteiger partial charge in [0.15, 0.2) is 0 Å². The van der Waals surface area contributed by atoms with E-state index in [0.29, 0.717) is 5.13 Å². The number of rotatable bonds is 3. The molecule has 0 aromatic carbocycles. The summed E-state index contributed by atoms with van der Waals surface area (Å²) in [4.78, 5) is 12.1. The molecular formula is C15H22N4O2S. The van der Waals surface area contributed by atoms with Crippen molar-refractivity contribution in [2.45, 2.75) is 53.0 Å². The Hall–Kier alpha value is -1.89. The van der Waals surface area contributed by atoms with Crippen LogP contribution in [0, 0.1) is 13.8 Å². The maximum Gasteiger partial charge on any atom is 0.321 e. The fourth-order valence-electron chi connectivity index (χ4n) is 2.06. The fraction of sp³-hybridized carbons (Fsp3) is 0.533. The summed E-state index contributed by atoms with van der Waals surface area (Å²) in [5.41, 5.74) is 0.896. The molecule has 6 nitrogen and oxygen atoms in total. The SMILES string of the molecule is Cc1cc(C(C)NC(=O)Nc2nnc(C(C)(C)C)s2)c(C)o1. The molecule has 120 valence electrons. The molecule has 0 radical (unpaired) electrons. The molecule has 0 saturated carbocycles. The minimum atomic E-state index is -0.303. The summed E-state index contributed by atoms with van der Waals surface area (Å²) < 4.78 is 5.48. The van der Waals surface area contributed by atoms with Crippen molar-refractivity contribution in [3.05, 3.63) is 28.2 Å². The Bertz CT molecular complexity index is 669. The predicted octanol–water partition coefficient (Wildman–Crippen LogP) is 3.93. The van der Waals surface area contributed by atoms with Crippen LogP contribution in [-0.4, -0.2) is 16.2 Å². The van der Waals surface area contributed by atoms with Crippen LogP contribution in [0.4, 0.5) is 9.93 Å². The van der Waals surface area contributed by atoms with Gasteiger partial charge in [0, 0.05) is 11.0 Å². The number of furan rings is 1. The van der Waals surface area contributed by atoms with Crippen LogP contribution in [0.25, 0.3) is 0 Å². The zero-order valence-corrected chi connectivity index (χ0v) is 14.6. The average Bonchev–Trinajstić information content (AvgIpc) is 2.95. The number of carbonyl (C=O) groups excluding carboxylic acids is 1. The molecule has 0 bridgehead atoms. The van der Waals surface area contributed by atoms with Crippen molar-refractivity contribution in [3.63, 3.8) is 0 Å². The maximum atomic E-state index is 12.1. The van der Waals surface area contributed by atoms with E-state index in [-0.39, 0.29) is 17.5 Å². The summed E-state index contributed by atoms with van der Waals surface area (Å²) in [5.74, 6) is 1.65. The lowest BCUT2D eigenvalue weighted by molar-refractivity contribution is 0.249. The van der Waals surface area contributed by atoms with E-state index in [1.54, 1.807) is 0 Å². The van der Waals surface area contributed by atoms with Gasteiger partial charge in [-0.1, -0.05) is 32.1 Å². The number of nitrogens with one attached hydrogen (secondary N) is 2. The molecule has 0 fully saturated rings. The topological polar surface area (TPSA) is 80.0 Å². The van der Waals surface area contributed by atoms with E-state index in [1.165, 1.54) is 11.3 Å². The van der Waals surface area contributed by atoms with E-state index < -0.39 is 0 Å². The van der Waals surface area contributed by atoms with Crippen molar-refractivity contribution in [2.75, 3.05) is 5.32 Å². The Balaban J connectivity index is 1.98. The molecule has 2 rings (SSSR count). The summed E-state index contributed by atoms with van der Waals surface area (Å²) in [5, 5.41) is 15.1. The summed E-state index contributed by atoms with van der Waals surface area (Å²) in [7, 11) is 0. The predicted molar refractivity (Wildman–Crippen MR) is 87.4 cm³/mol. The van der Waals surface area contributed by atoms with Crippen LogP contribution in [0.3, 0.4) is 0 Å². The van der Waals surface area contributed by atoms with Crippen LogP contribution in [0.1, 0.15) is 55.8 Å². The van der Waals surface area contributed by atoms with Crippen LogP contribution in [-0.2, 0) is 5.41 Å². The largest absolute Gasteiger partial charge is 0.466 e. The van der Waals surface area contributed by atoms with Gasteiger partial charge in [-0.3, -0.25) is 5.32 Å². The van der Waals surface area contributed by atoms with Crippen molar-refractivity contribution >= 4 is 22.5 Å². The van der Waals surface area contributed by atoms with Crippen molar-refractivity contribution in [2.24, 2.45) is 0 Å². The van der Waals surface area contributed by atoms with Crippen molar-refractivity contribution in [1.29, 1.82) is 0 Å².